The first-order valence-corrected chi connectivity index (χ1v) is 26.4. The lowest BCUT2D eigenvalue weighted by Gasteiger charge is -2.20. The van der Waals surface area contributed by atoms with E-state index in [1.54, 1.807) is 0 Å². The molecule has 0 spiro atoms. The molecule has 7 nitrogen and oxygen atoms in total. The highest BCUT2D eigenvalue weighted by Gasteiger charge is 2.23. The lowest BCUT2D eigenvalue weighted by Crippen LogP contribution is -2.29. The molecule has 15 aromatic rings. The van der Waals surface area contributed by atoms with Gasteiger partial charge >= 0.3 is 0 Å². The summed E-state index contributed by atoms with van der Waals surface area (Å²) in [6.07, 6.45) is 5.65. The maximum absolute atomic E-state index is 8.30. The molecule has 0 aliphatic carbocycles. The highest BCUT2D eigenvalue weighted by molar-refractivity contribution is 6.24. The fourth-order valence-corrected chi connectivity index (χ4v) is 11.9. The molecule has 78 heavy (non-hydrogen) atoms. The second-order valence-corrected chi connectivity index (χ2v) is 21.3. The van der Waals surface area contributed by atoms with Gasteiger partial charge in [0.2, 0.25) is 0 Å². The van der Waals surface area contributed by atoms with Crippen molar-refractivity contribution in [1.82, 2.24) is 18.5 Å². The average Bonchev–Trinajstić information content (AvgIpc) is 3.96. The zero-order chi connectivity index (χ0) is 52.2. The normalized spacial score (nSPS) is 12.0. The summed E-state index contributed by atoms with van der Waals surface area (Å²) in [7, 11) is 0. The average molecular weight is 1000 g/mol. The molecule has 7 heteroatoms. The second-order valence-electron chi connectivity index (χ2n) is 21.3. The van der Waals surface area contributed by atoms with Gasteiger partial charge in [-0.25, -0.2) is 9.83 Å². The van der Waals surface area contributed by atoms with Gasteiger partial charge in [0.15, 0.2) is 5.69 Å². The molecule has 0 saturated carbocycles. The van der Waals surface area contributed by atoms with E-state index < -0.39 is 0 Å². The van der Waals surface area contributed by atoms with E-state index in [2.05, 4.69) is 246 Å². The van der Waals surface area contributed by atoms with Crippen molar-refractivity contribution in [3.63, 3.8) is 0 Å². The molecule has 0 amide bonds. The summed E-state index contributed by atoms with van der Waals surface area (Å²) in [5, 5.41) is 6.98. The lowest BCUT2D eigenvalue weighted by atomic mass is 9.88. The van der Waals surface area contributed by atoms with Crippen LogP contribution in [0.3, 0.4) is 0 Å². The Labute approximate surface area is 450 Å². The number of pyridine rings is 1. The molecule has 0 aliphatic heterocycles. The number of para-hydroxylation sites is 4. The minimum atomic E-state index is -0.0937. The summed E-state index contributed by atoms with van der Waals surface area (Å²) in [5.74, 6) is 2.00. The zero-order valence-electron chi connectivity index (χ0n) is 43.1. The van der Waals surface area contributed by atoms with Gasteiger partial charge in [-0.2, -0.15) is 0 Å². The van der Waals surface area contributed by atoms with Crippen LogP contribution in [0, 0.1) is 12.9 Å². The van der Waals surface area contributed by atoms with Crippen molar-refractivity contribution in [2.45, 2.75) is 26.2 Å². The number of ether oxygens (including phenoxy) is 1. The number of imidazole rings is 1. The summed E-state index contributed by atoms with van der Waals surface area (Å²) in [6, 6.07) is 81.5. The van der Waals surface area contributed by atoms with Crippen molar-refractivity contribution in [3.8, 4) is 62.1 Å². The molecular weight excluding hydrogens is 953 g/mol. The Balaban J connectivity index is 0.861. The fraction of sp³-hybridized carbons (Fsp3) is 0.0563. The molecule has 15 rings (SSSR count). The summed E-state index contributed by atoms with van der Waals surface area (Å²) in [4.78, 5) is 9.00. The van der Waals surface area contributed by atoms with Gasteiger partial charge in [-0.15, -0.1) is 0 Å². The van der Waals surface area contributed by atoms with Gasteiger partial charge in [0, 0.05) is 44.6 Å². The summed E-state index contributed by atoms with van der Waals surface area (Å²) >= 11 is 0. The van der Waals surface area contributed by atoms with E-state index >= 15 is 0 Å². The van der Waals surface area contributed by atoms with Crippen LogP contribution in [0.4, 0.5) is 5.69 Å². The molecule has 0 bridgehead atoms. The van der Waals surface area contributed by atoms with Crippen molar-refractivity contribution >= 4 is 76.6 Å². The first-order valence-electron chi connectivity index (χ1n) is 26.4. The van der Waals surface area contributed by atoms with E-state index in [0.717, 1.165) is 72.3 Å². The largest absolute Gasteiger partial charge is 0.459 e. The van der Waals surface area contributed by atoms with Crippen molar-refractivity contribution < 1.29 is 9.30 Å². The van der Waals surface area contributed by atoms with Crippen LogP contribution in [0.25, 0.3) is 126 Å². The lowest BCUT2D eigenvalue weighted by molar-refractivity contribution is -0.572. The van der Waals surface area contributed by atoms with Crippen LogP contribution in [0.1, 0.15) is 26.3 Å². The Hall–Kier alpha value is -10.3. The summed E-state index contributed by atoms with van der Waals surface area (Å²) in [5.41, 5.74) is 17.8. The molecule has 0 saturated heterocycles. The fourth-order valence-electron chi connectivity index (χ4n) is 11.9. The van der Waals surface area contributed by atoms with Crippen LogP contribution in [0.2, 0.25) is 0 Å². The van der Waals surface area contributed by atoms with Crippen LogP contribution >= 0.6 is 0 Å². The third-order valence-electron chi connectivity index (χ3n) is 15.6. The van der Waals surface area contributed by atoms with E-state index in [9.17, 15) is 0 Å². The Morgan fingerprint density at radius 1 is 0.474 bits per heavy atom. The minimum absolute atomic E-state index is 0.0937. The molecule has 0 fully saturated rings. The topological polar surface area (TPSA) is 44.6 Å². The summed E-state index contributed by atoms with van der Waals surface area (Å²) in [6.45, 7) is 15.0. The number of fused-ring (bicyclic) bond motifs is 10. The van der Waals surface area contributed by atoms with E-state index in [0.29, 0.717) is 17.2 Å². The van der Waals surface area contributed by atoms with Crippen molar-refractivity contribution in [1.29, 1.82) is 0 Å². The van der Waals surface area contributed by atoms with Crippen molar-refractivity contribution in [3.05, 3.63) is 260 Å². The Bertz CT molecular complexity index is 4790. The van der Waals surface area contributed by atoms with Crippen LogP contribution in [-0.2, 0) is 5.41 Å². The molecule has 0 atom stereocenters. The quantitative estimate of drug-likeness (QED) is 0.112. The molecule has 0 aliphatic rings. The Kier molecular flexibility index (Phi) is 10.1. The number of benzene rings is 10. The molecular formula is C71H48N6O. The van der Waals surface area contributed by atoms with E-state index in [1.165, 1.54) is 54.8 Å². The molecule has 0 N–H and O–H groups in total. The predicted octanol–water partition coefficient (Wildman–Crippen LogP) is 18.0. The molecule has 5 heterocycles. The predicted molar refractivity (Wildman–Crippen MR) is 318 cm³/mol. The Morgan fingerprint density at radius 2 is 1.09 bits per heavy atom. The minimum Gasteiger partial charge on any atom is -0.459 e. The second kappa shape index (κ2) is 17.4. The van der Waals surface area contributed by atoms with Crippen LogP contribution in [0.15, 0.2) is 237 Å². The van der Waals surface area contributed by atoms with Gasteiger partial charge in [-0.1, -0.05) is 148 Å². The van der Waals surface area contributed by atoms with Gasteiger partial charge in [-0.3, -0.25) is 13.7 Å². The highest BCUT2D eigenvalue weighted by atomic mass is 16.5. The van der Waals surface area contributed by atoms with Gasteiger partial charge in [-0.05, 0) is 141 Å². The van der Waals surface area contributed by atoms with Gasteiger partial charge in [0.25, 0.3) is 6.33 Å². The monoisotopic (exact) mass is 1000 g/mol. The number of hydrogen-bond acceptors (Lipinski definition) is 2. The van der Waals surface area contributed by atoms with Crippen molar-refractivity contribution in [2.75, 3.05) is 0 Å². The molecule has 0 unspecified atom stereocenters. The van der Waals surface area contributed by atoms with Crippen molar-refractivity contribution in [2.24, 2.45) is 0 Å². The zero-order valence-corrected chi connectivity index (χ0v) is 43.1. The highest BCUT2D eigenvalue weighted by Crippen LogP contribution is 2.43. The third kappa shape index (κ3) is 7.26. The summed E-state index contributed by atoms with van der Waals surface area (Å²) < 4.78 is 15.7. The van der Waals surface area contributed by atoms with Crippen LogP contribution < -0.4 is 9.30 Å². The number of nitrogens with zero attached hydrogens (tertiary/aromatic N) is 6. The third-order valence-corrected chi connectivity index (χ3v) is 15.6. The first-order chi connectivity index (χ1) is 38.2. The number of rotatable bonds is 8. The molecule has 10 aromatic carbocycles. The van der Waals surface area contributed by atoms with E-state index in [-0.39, 0.29) is 5.41 Å². The van der Waals surface area contributed by atoms with Gasteiger partial charge in [0.1, 0.15) is 17.3 Å². The molecule has 368 valence electrons. The maximum atomic E-state index is 8.30. The van der Waals surface area contributed by atoms with E-state index in [4.69, 9.17) is 16.3 Å². The van der Waals surface area contributed by atoms with Crippen LogP contribution in [0.5, 0.6) is 11.5 Å². The molecule has 5 aromatic heterocycles. The number of aromatic nitrogens is 5. The molecule has 0 radical (unpaired) electrons. The smallest absolute Gasteiger partial charge is 0.269 e. The van der Waals surface area contributed by atoms with Gasteiger partial charge in [0.05, 0.1) is 56.6 Å². The van der Waals surface area contributed by atoms with E-state index in [1.807, 2.05) is 41.1 Å². The number of hydrogen-bond donors (Lipinski definition) is 0. The first kappa shape index (κ1) is 45.1. The SMILES string of the molecule is [C-]#[N+]c1cc(Oc2ccc3c4cc(-c5cc(-c6ccccc6)cc(-c6ccccc6)c5)ccc4n(-c4cc(C(C)(C)C)ccn4)c3c2)cc(-n2[c-][n+](-c3cc4c5ccccc5n5c6ccccc6c(c3)c45)c3ccccc32)c1. The van der Waals surface area contributed by atoms with Crippen LogP contribution in [-0.4, -0.2) is 18.5 Å². The Morgan fingerprint density at radius 3 is 1.76 bits per heavy atom. The van der Waals surface area contributed by atoms with Gasteiger partial charge < -0.3 is 9.14 Å². The maximum Gasteiger partial charge on any atom is 0.269 e. The standard InChI is InChI=1S/C71H48N6O/c1-71(2,3)51-31-32-73-69(37-51)76-65-30-27-47(50-34-48(45-17-7-5-8-18-45)33-49(35-50)46-19-9-6-10-20-46)36-60(65)59-29-28-55(43-68(59)76)78-56-39-52(72-4)38-53(40-56)74-44-75(67-26-16-15-25-66(67)74)54-41-61-57-21-11-13-23-63(57)77-64-24-14-12-22-58(64)62(42-54)70(61)77/h5-43H,1-3H3.